The van der Waals surface area contributed by atoms with Crippen molar-refractivity contribution < 1.29 is 36.9 Å². The van der Waals surface area contributed by atoms with Gasteiger partial charge < -0.3 is 24.3 Å². The van der Waals surface area contributed by atoms with Crippen LogP contribution in [0.1, 0.15) is 56.2 Å². The summed E-state index contributed by atoms with van der Waals surface area (Å²) >= 11 is 0. The lowest BCUT2D eigenvalue weighted by molar-refractivity contribution is -0.153. The first kappa shape index (κ1) is 26.5. The van der Waals surface area contributed by atoms with Crippen LogP contribution in [0.5, 0.6) is 23.0 Å². The Bertz CT molecular complexity index is 989. The molecule has 0 aliphatic heterocycles. The van der Waals surface area contributed by atoms with Crippen molar-refractivity contribution in [2.75, 3.05) is 20.8 Å². The molecule has 1 aliphatic rings. The fourth-order valence-corrected chi connectivity index (χ4v) is 4.04. The van der Waals surface area contributed by atoms with E-state index in [1.54, 1.807) is 19.2 Å². The van der Waals surface area contributed by atoms with E-state index in [-0.39, 0.29) is 36.0 Å². The molecule has 35 heavy (non-hydrogen) atoms. The Morgan fingerprint density at radius 2 is 1.66 bits per heavy atom. The van der Waals surface area contributed by atoms with E-state index in [0.29, 0.717) is 17.9 Å². The minimum absolute atomic E-state index is 0.000883. The fraction of sp³-hybridized carbons (Fsp3) is 0.500. The highest BCUT2D eigenvalue weighted by atomic mass is 19.4. The molecule has 0 saturated heterocycles. The van der Waals surface area contributed by atoms with Gasteiger partial charge in [0.1, 0.15) is 0 Å². The van der Waals surface area contributed by atoms with Crippen molar-refractivity contribution in [1.82, 2.24) is 5.32 Å². The van der Waals surface area contributed by atoms with Crippen LogP contribution in [0.3, 0.4) is 0 Å². The lowest BCUT2D eigenvalue weighted by Gasteiger charge is -2.19. The van der Waals surface area contributed by atoms with E-state index in [9.17, 15) is 18.0 Å². The van der Waals surface area contributed by atoms with Crippen molar-refractivity contribution in [3.05, 3.63) is 47.5 Å². The first-order valence-corrected chi connectivity index (χ1v) is 11.7. The number of alkyl halides is 3. The maximum absolute atomic E-state index is 12.5. The molecule has 0 aromatic heterocycles. The van der Waals surface area contributed by atoms with Gasteiger partial charge in [0.05, 0.1) is 26.4 Å². The van der Waals surface area contributed by atoms with Crippen molar-refractivity contribution in [3.63, 3.8) is 0 Å². The number of hydrogen-bond acceptors (Lipinski definition) is 5. The number of rotatable bonds is 11. The summed E-state index contributed by atoms with van der Waals surface area (Å²) in [7, 11) is 2.95. The normalized spacial score (nSPS) is 14.9. The lowest BCUT2D eigenvalue weighted by Crippen LogP contribution is -2.26. The van der Waals surface area contributed by atoms with Crippen LogP contribution in [0.15, 0.2) is 36.4 Å². The SMILES string of the molecule is COc1cc(CCC(=O)NC(C)c2ccc(OC3CCCC3)c(OC)c2)ccc1OCC(F)(F)F. The van der Waals surface area contributed by atoms with Crippen molar-refractivity contribution in [3.8, 4) is 23.0 Å². The number of aryl methyl sites for hydroxylation is 1. The van der Waals surface area contributed by atoms with Crippen molar-refractivity contribution >= 4 is 5.91 Å². The summed E-state index contributed by atoms with van der Waals surface area (Å²) in [4.78, 5) is 12.5. The maximum atomic E-state index is 12.5. The lowest BCUT2D eigenvalue weighted by atomic mass is 10.1. The third-order valence-electron chi connectivity index (χ3n) is 5.92. The topological polar surface area (TPSA) is 66.0 Å². The standard InChI is InChI=1S/C26H32F3NO5/c1-17(19-10-12-22(24(15-19)33-3)35-20-6-4-5-7-20)30-25(31)13-9-18-8-11-21(23(14-18)32-2)34-16-26(27,28)29/h8,10-12,14-15,17,20H,4-7,9,13,16H2,1-3H3,(H,30,31). The summed E-state index contributed by atoms with van der Waals surface area (Å²) in [5.41, 5.74) is 1.64. The van der Waals surface area contributed by atoms with Gasteiger partial charge in [-0.1, -0.05) is 12.1 Å². The summed E-state index contributed by atoms with van der Waals surface area (Å²) in [5, 5.41) is 2.97. The van der Waals surface area contributed by atoms with Crippen LogP contribution in [0.4, 0.5) is 13.2 Å². The first-order valence-electron chi connectivity index (χ1n) is 11.7. The number of amides is 1. The molecule has 0 heterocycles. The zero-order chi connectivity index (χ0) is 25.4. The minimum Gasteiger partial charge on any atom is -0.493 e. The predicted octanol–water partition coefficient (Wildman–Crippen LogP) is 5.78. The average Bonchev–Trinajstić information content (AvgIpc) is 3.34. The highest BCUT2D eigenvalue weighted by molar-refractivity contribution is 5.76. The van der Waals surface area contributed by atoms with Gasteiger partial charge in [0.2, 0.25) is 5.91 Å². The predicted molar refractivity (Wildman–Crippen MR) is 125 cm³/mol. The van der Waals surface area contributed by atoms with Crippen LogP contribution in [0.2, 0.25) is 0 Å². The summed E-state index contributed by atoms with van der Waals surface area (Å²) in [6.07, 6.45) is 0.830. The molecule has 9 heteroatoms. The molecule has 2 aromatic rings. The van der Waals surface area contributed by atoms with Crippen molar-refractivity contribution in [2.45, 2.75) is 63.8 Å². The third-order valence-corrected chi connectivity index (χ3v) is 5.92. The second-order valence-electron chi connectivity index (χ2n) is 8.61. The zero-order valence-corrected chi connectivity index (χ0v) is 20.2. The molecular weight excluding hydrogens is 463 g/mol. The second kappa shape index (κ2) is 12.0. The van der Waals surface area contributed by atoms with Crippen LogP contribution in [-0.4, -0.2) is 39.0 Å². The molecule has 1 atom stereocenters. The van der Waals surface area contributed by atoms with Crippen LogP contribution in [0.25, 0.3) is 0 Å². The van der Waals surface area contributed by atoms with Gasteiger partial charge in [-0.25, -0.2) is 0 Å². The molecule has 1 saturated carbocycles. The summed E-state index contributed by atoms with van der Waals surface area (Å²) < 4.78 is 58.7. The Kier molecular flexibility index (Phi) is 9.12. The number of carbonyl (C=O) groups is 1. The molecule has 0 radical (unpaired) electrons. The van der Waals surface area contributed by atoms with Gasteiger partial charge in [-0.15, -0.1) is 0 Å². The number of benzene rings is 2. The molecule has 0 spiro atoms. The number of halogens is 3. The van der Waals surface area contributed by atoms with E-state index in [0.717, 1.165) is 24.0 Å². The van der Waals surface area contributed by atoms with Gasteiger partial charge in [-0.05, 0) is 74.4 Å². The van der Waals surface area contributed by atoms with E-state index in [1.807, 2.05) is 25.1 Å². The molecule has 1 fully saturated rings. The fourth-order valence-electron chi connectivity index (χ4n) is 4.04. The van der Waals surface area contributed by atoms with E-state index in [1.165, 1.54) is 26.0 Å². The smallest absolute Gasteiger partial charge is 0.422 e. The van der Waals surface area contributed by atoms with Crippen LogP contribution in [0, 0.1) is 0 Å². The van der Waals surface area contributed by atoms with Gasteiger partial charge in [0.25, 0.3) is 0 Å². The summed E-state index contributed by atoms with van der Waals surface area (Å²) in [6, 6.07) is 10.0. The van der Waals surface area contributed by atoms with Crippen molar-refractivity contribution in [1.29, 1.82) is 0 Å². The molecular formula is C26H32F3NO5. The van der Waals surface area contributed by atoms with Gasteiger partial charge in [-0.2, -0.15) is 13.2 Å². The van der Waals surface area contributed by atoms with Gasteiger partial charge in [0.15, 0.2) is 29.6 Å². The Morgan fingerprint density at radius 3 is 2.31 bits per heavy atom. The largest absolute Gasteiger partial charge is 0.493 e. The number of hydrogen-bond donors (Lipinski definition) is 1. The molecule has 1 amide bonds. The molecule has 1 N–H and O–H groups in total. The summed E-state index contributed by atoms with van der Waals surface area (Å²) in [5.74, 6) is 1.38. The molecule has 6 nitrogen and oxygen atoms in total. The highest BCUT2D eigenvalue weighted by Crippen LogP contribution is 2.34. The highest BCUT2D eigenvalue weighted by Gasteiger charge is 2.29. The number of ether oxygens (including phenoxy) is 4. The van der Waals surface area contributed by atoms with Crippen LogP contribution < -0.4 is 24.3 Å². The number of carbonyl (C=O) groups excluding carboxylic acids is 1. The van der Waals surface area contributed by atoms with E-state index in [4.69, 9.17) is 18.9 Å². The molecule has 0 bridgehead atoms. The van der Waals surface area contributed by atoms with E-state index >= 15 is 0 Å². The quantitative estimate of drug-likeness (QED) is 0.428. The molecule has 3 rings (SSSR count). The number of nitrogens with one attached hydrogen (secondary N) is 1. The number of methoxy groups -OCH3 is 2. The Morgan fingerprint density at radius 1 is 1.00 bits per heavy atom. The Balaban J connectivity index is 1.54. The Hall–Kier alpha value is -3.10. The van der Waals surface area contributed by atoms with Crippen molar-refractivity contribution in [2.24, 2.45) is 0 Å². The third kappa shape index (κ3) is 7.97. The van der Waals surface area contributed by atoms with Gasteiger partial charge >= 0.3 is 6.18 Å². The average molecular weight is 496 g/mol. The molecule has 1 unspecified atom stereocenters. The second-order valence-corrected chi connectivity index (χ2v) is 8.61. The van der Waals surface area contributed by atoms with E-state index in [2.05, 4.69) is 5.32 Å². The molecule has 192 valence electrons. The molecule has 2 aromatic carbocycles. The van der Waals surface area contributed by atoms with Gasteiger partial charge in [-0.3, -0.25) is 4.79 Å². The van der Waals surface area contributed by atoms with E-state index < -0.39 is 12.8 Å². The van der Waals surface area contributed by atoms with Gasteiger partial charge in [0, 0.05) is 6.42 Å². The minimum atomic E-state index is -4.44. The maximum Gasteiger partial charge on any atom is 0.422 e. The van der Waals surface area contributed by atoms with Crippen LogP contribution >= 0.6 is 0 Å². The Labute approximate surface area is 203 Å². The van der Waals surface area contributed by atoms with Crippen LogP contribution in [-0.2, 0) is 11.2 Å². The zero-order valence-electron chi connectivity index (χ0n) is 20.2. The molecule has 1 aliphatic carbocycles. The monoisotopic (exact) mass is 495 g/mol. The first-order chi connectivity index (χ1) is 16.7. The summed E-state index contributed by atoms with van der Waals surface area (Å²) in [6.45, 7) is 0.488.